The van der Waals surface area contributed by atoms with Crippen LogP contribution in [0, 0.1) is 0 Å². The molecule has 0 aliphatic carbocycles. The maximum atomic E-state index is 12.8. The SMILES string of the molecule is CCCCC/C=C\C/C=C\C/C=C\C/C=C\C/C=C\CCC(=O)OC(COC(=O)CCCC/C=C\C/C=C\C/C=C\CCCCC)COC(=O)CCCC/C=C\C/C=C\C/C=C\CCCCC. The molecule has 376 valence electrons. The number of ether oxygens (including phenoxy) is 3. The van der Waals surface area contributed by atoms with Crippen LogP contribution < -0.4 is 0 Å². The van der Waals surface area contributed by atoms with E-state index in [1.165, 1.54) is 77.0 Å². The van der Waals surface area contributed by atoms with E-state index in [-0.39, 0.29) is 44.4 Å². The minimum absolute atomic E-state index is 0.144. The number of carbonyl (C=O) groups is 3. The van der Waals surface area contributed by atoms with Gasteiger partial charge in [0.15, 0.2) is 6.10 Å². The van der Waals surface area contributed by atoms with Crippen LogP contribution in [0.15, 0.2) is 134 Å². The fourth-order valence-electron chi connectivity index (χ4n) is 6.55. The molecule has 0 saturated heterocycles. The molecule has 0 aromatic carbocycles. The maximum absolute atomic E-state index is 12.8. The minimum Gasteiger partial charge on any atom is -0.462 e. The first-order valence-corrected chi connectivity index (χ1v) is 26.7. The van der Waals surface area contributed by atoms with E-state index in [1.54, 1.807) is 0 Å². The summed E-state index contributed by atoms with van der Waals surface area (Å²) in [6, 6.07) is 0. The van der Waals surface area contributed by atoms with Crippen molar-refractivity contribution in [1.29, 1.82) is 0 Å². The van der Waals surface area contributed by atoms with E-state index < -0.39 is 12.1 Å². The molecule has 0 aromatic rings. The molecule has 0 radical (unpaired) electrons. The van der Waals surface area contributed by atoms with E-state index in [4.69, 9.17) is 14.2 Å². The normalized spacial score (nSPS) is 12.8. The zero-order chi connectivity index (χ0) is 48.6. The molecular weight excluding hydrogens is 829 g/mol. The molecule has 0 fully saturated rings. The fraction of sp³-hybridized carbons (Fsp3) is 0.590. The second kappa shape index (κ2) is 54.2. The molecule has 0 aliphatic rings. The van der Waals surface area contributed by atoms with E-state index in [0.29, 0.717) is 19.3 Å². The molecule has 0 bridgehead atoms. The molecule has 0 aliphatic heterocycles. The maximum Gasteiger partial charge on any atom is 0.306 e. The third kappa shape index (κ3) is 52.4. The van der Waals surface area contributed by atoms with E-state index >= 15 is 0 Å². The Balaban J connectivity index is 4.66. The monoisotopic (exact) mass is 925 g/mol. The highest BCUT2D eigenvalue weighted by atomic mass is 16.6. The Kier molecular flexibility index (Phi) is 50.6. The summed E-state index contributed by atoms with van der Waals surface area (Å²) >= 11 is 0. The van der Waals surface area contributed by atoms with Gasteiger partial charge in [0.05, 0.1) is 0 Å². The van der Waals surface area contributed by atoms with Gasteiger partial charge in [0.25, 0.3) is 0 Å². The molecule has 0 unspecified atom stereocenters. The summed E-state index contributed by atoms with van der Waals surface area (Å²) in [6.45, 7) is 6.40. The van der Waals surface area contributed by atoms with Gasteiger partial charge in [-0.3, -0.25) is 14.4 Å². The van der Waals surface area contributed by atoms with E-state index in [9.17, 15) is 14.4 Å². The number of carbonyl (C=O) groups excluding carboxylic acids is 3. The van der Waals surface area contributed by atoms with Crippen molar-refractivity contribution in [3.8, 4) is 0 Å². The number of hydrogen-bond acceptors (Lipinski definition) is 6. The summed E-state index contributed by atoms with van der Waals surface area (Å²) < 4.78 is 16.7. The molecule has 0 N–H and O–H groups in total. The summed E-state index contributed by atoms with van der Waals surface area (Å²) in [4.78, 5) is 38.0. The third-order valence-electron chi connectivity index (χ3n) is 10.6. The summed E-state index contributed by atoms with van der Waals surface area (Å²) in [5, 5.41) is 0. The van der Waals surface area contributed by atoms with E-state index in [0.717, 1.165) is 77.0 Å². The average Bonchev–Trinajstić information content (AvgIpc) is 3.33. The second-order valence-corrected chi connectivity index (χ2v) is 17.1. The van der Waals surface area contributed by atoms with Gasteiger partial charge in [0, 0.05) is 19.3 Å². The molecule has 0 spiro atoms. The molecule has 0 saturated carbocycles. The molecule has 0 amide bonds. The summed E-state index contributed by atoms with van der Waals surface area (Å²) in [6.07, 6.45) is 75.9. The van der Waals surface area contributed by atoms with Crippen LogP contribution in [0.25, 0.3) is 0 Å². The number of hydrogen-bond donors (Lipinski definition) is 0. The lowest BCUT2D eigenvalue weighted by Gasteiger charge is -2.18. The first-order chi connectivity index (χ1) is 33.0. The Morgan fingerprint density at radius 3 is 0.836 bits per heavy atom. The molecule has 6 nitrogen and oxygen atoms in total. The molecule has 0 atom stereocenters. The van der Waals surface area contributed by atoms with Crippen molar-refractivity contribution in [2.24, 2.45) is 0 Å². The molecule has 0 heterocycles. The third-order valence-corrected chi connectivity index (χ3v) is 10.6. The van der Waals surface area contributed by atoms with Crippen molar-refractivity contribution < 1.29 is 28.6 Å². The van der Waals surface area contributed by atoms with Crippen molar-refractivity contribution >= 4 is 17.9 Å². The van der Waals surface area contributed by atoms with E-state index in [2.05, 4.69) is 142 Å². The van der Waals surface area contributed by atoms with Crippen LogP contribution >= 0.6 is 0 Å². The van der Waals surface area contributed by atoms with Gasteiger partial charge >= 0.3 is 17.9 Å². The number of allylic oxidation sites excluding steroid dienone is 22. The predicted molar refractivity (Wildman–Crippen MR) is 288 cm³/mol. The smallest absolute Gasteiger partial charge is 0.306 e. The van der Waals surface area contributed by atoms with Crippen molar-refractivity contribution in [3.63, 3.8) is 0 Å². The van der Waals surface area contributed by atoms with Gasteiger partial charge in [-0.05, 0) is 135 Å². The van der Waals surface area contributed by atoms with Crippen molar-refractivity contribution in [1.82, 2.24) is 0 Å². The van der Waals surface area contributed by atoms with Crippen LogP contribution in [-0.4, -0.2) is 37.2 Å². The van der Waals surface area contributed by atoms with Gasteiger partial charge in [-0.1, -0.05) is 193 Å². The Morgan fingerprint density at radius 1 is 0.299 bits per heavy atom. The summed E-state index contributed by atoms with van der Waals surface area (Å²) in [7, 11) is 0. The van der Waals surface area contributed by atoms with Gasteiger partial charge in [-0.15, -0.1) is 0 Å². The van der Waals surface area contributed by atoms with Crippen LogP contribution in [0.2, 0.25) is 0 Å². The highest BCUT2D eigenvalue weighted by molar-refractivity contribution is 5.71. The molecular formula is C61H96O6. The lowest BCUT2D eigenvalue weighted by atomic mass is 10.1. The summed E-state index contributed by atoms with van der Waals surface area (Å²) in [5.74, 6) is -1.11. The average molecular weight is 925 g/mol. The standard InChI is InChI=1S/C61H96O6/c1-4-7-10-13-16-19-22-25-28-29-30-31-34-37-40-43-46-49-52-55-61(64)67-58(56-65-59(62)53-50-47-44-41-38-35-32-26-23-20-17-14-11-8-5-2)57-66-60(63)54-51-48-45-42-39-36-33-27-24-21-18-15-12-9-6-3/h16-21,25-28,30-33,37-42,46,49,58H,4-15,22-24,29,34-36,43-45,47-48,50-57H2,1-3H3/b19-16-,20-17-,21-18-,28-25-,31-30-,32-26-,33-27-,40-37-,41-38-,42-39-,49-46-. The van der Waals surface area contributed by atoms with Crippen LogP contribution in [-0.2, 0) is 28.6 Å². The molecule has 0 aromatic heterocycles. The van der Waals surface area contributed by atoms with Gasteiger partial charge in [0.1, 0.15) is 13.2 Å². The predicted octanol–water partition coefficient (Wildman–Crippen LogP) is 17.9. The zero-order valence-corrected chi connectivity index (χ0v) is 42.9. The lowest BCUT2D eigenvalue weighted by Crippen LogP contribution is -2.30. The number of rotatable bonds is 46. The molecule has 6 heteroatoms. The van der Waals surface area contributed by atoms with Gasteiger partial charge < -0.3 is 14.2 Å². The fourth-order valence-corrected chi connectivity index (χ4v) is 6.55. The second-order valence-electron chi connectivity index (χ2n) is 17.1. The van der Waals surface area contributed by atoms with Crippen LogP contribution in [0.4, 0.5) is 0 Å². The van der Waals surface area contributed by atoms with Crippen LogP contribution in [0.1, 0.15) is 213 Å². The van der Waals surface area contributed by atoms with Crippen molar-refractivity contribution in [2.75, 3.05) is 13.2 Å². The van der Waals surface area contributed by atoms with Gasteiger partial charge in [-0.2, -0.15) is 0 Å². The molecule has 67 heavy (non-hydrogen) atoms. The quantitative estimate of drug-likeness (QED) is 0.0262. The Labute approximate surface area is 411 Å². The largest absolute Gasteiger partial charge is 0.462 e. The van der Waals surface area contributed by atoms with E-state index in [1.807, 2.05) is 12.2 Å². The Bertz CT molecular complexity index is 1410. The highest BCUT2D eigenvalue weighted by Crippen LogP contribution is 2.10. The zero-order valence-electron chi connectivity index (χ0n) is 42.9. The van der Waals surface area contributed by atoms with Gasteiger partial charge in [0.2, 0.25) is 0 Å². The number of esters is 3. The lowest BCUT2D eigenvalue weighted by molar-refractivity contribution is -0.166. The highest BCUT2D eigenvalue weighted by Gasteiger charge is 2.19. The van der Waals surface area contributed by atoms with Crippen LogP contribution in [0.3, 0.4) is 0 Å². The first kappa shape index (κ1) is 62.5. The van der Waals surface area contributed by atoms with Crippen molar-refractivity contribution in [3.05, 3.63) is 134 Å². The first-order valence-electron chi connectivity index (χ1n) is 26.7. The Morgan fingerprint density at radius 2 is 0.552 bits per heavy atom. The number of unbranched alkanes of at least 4 members (excludes halogenated alkanes) is 13. The summed E-state index contributed by atoms with van der Waals surface area (Å²) in [5.41, 5.74) is 0. The topological polar surface area (TPSA) is 78.9 Å². The van der Waals surface area contributed by atoms with Gasteiger partial charge in [-0.25, -0.2) is 0 Å². The minimum atomic E-state index is -0.854. The Hall–Kier alpha value is -4.45. The van der Waals surface area contributed by atoms with Crippen LogP contribution in [0.5, 0.6) is 0 Å². The molecule has 0 rings (SSSR count). The van der Waals surface area contributed by atoms with Crippen molar-refractivity contribution in [2.45, 2.75) is 219 Å².